The molecule has 0 saturated carbocycles. The van der Waals surface area contributed by atoms with Gasteiger partial charge < -0.3 is 11.1 Å². The van der Waals surface area contributed by atoms with Gasteiger partial charge in [-0.25, -0.2) is 4.98 Å². The Labute approximate surface area is 75.8 Å². The highest BCUT2D eigenvalue weighted by molar-refractivity contribution is 7.87. The molecule has 1 aliphatic heterocycles. The third kappa shape index (κ3) is 1.03. The summed E-state index contributed by atoms with van der Waals surface area (Å²) < 4.78 is 11.3. The van der Waals surface area contributed by atoms with E-state index in [0.717, 1.165) is 0 Å². The summed E-state index contributed by atoms with van der Waals surface area (Å²) in [5.41, 5.74) is 5.32. The highest BCUT2D eigenvalue weighted by atomic mass is 35.5. The Morgan fingerprint density at radius 3 is 3.25 bits per heavy atom. The van der Waals surface area contributed by atoms with Gasteiger partial charge in [-0.15, -0.1) is 0 Å². The van der Waals surface area contributed by atoms with Crippen LogP contribution in [0.25, 0.3) is 0 Å². The zero-order valence-electron chi connectivity index (χ0n) is 5.82. The van der Waals surface area contributed by atoms with Gasteiger partial charge in [0.15, 0.2) is 4.83 Å². The number of anilines is 2. The van der Waals surface area contributed by atoms with Crippen LogP contribution in [0.3, 0.4) is 0 Å². The lowest BCUT2D eigenvalue weighted by molar-refractivity contribution is 0.684. The molecular weight excluding hydrogens is 200 g/mol. The van der Waals surface area contributed by atoms with E-state index in [9.17, 15) is 4.21 Å². The molecule has 0 amide bonds. The minimum Gasteiger partial charge on any atom is -0.368 e. The summed E-state index contributed by atoms with van der Waals surface area (Å²) in [6.07, 6.45) is 1.42. The van der Waals surface area contributed by atoms with Gasteiger partial charge in [0.25, 0.3) is 0 Å². The van der Waals surface area contributed by atoms with Gasteiger partial charge >= 0.3 is 0 Å². The lowest BCUT2D eigenvalue weighted by Gasteiger charge is -1.96. The predicted octanol–water partition coefficient (Wildman–Crippen LogP) is 0.114. The molecule has 0 spiro atoms. The Balaban J connectivity index is 2.54. The number of nitrogens with two attached hydrogens (primary N) is 1. The Morgan fingerprint density at radius 1 is 1.75 bits per heavy atom. The highest BCUT2D eigenvalue weighted by Gasteiger charge is 2.28. The van der Waals surface area contributed by atoms with Crippen molar-refractivity contribution in [2.24, 2.45) is 0 Å². The summed E-state index contributed by atoms with van der Waals surface area (Å²) in [6, 6.07) is 0. The Morgan fingerprint density at radius 2 is 2.50 bits per heavy atom. The van der Waals surface area contributed by atoms with E-state index < -0.39 is 15.6 Å². The van der Waals surface area contributed by atoms with Crippen LogP contribution in [-0.2, 0) is 10.8 Å². The molecule has 0 radical (unpaired) electrons. The van der Waals surface area contributed by atoms with Crippen molar-refractivity contribution in [1.82, 2.24) is 9.97 Å². The third-order valence-electron chi connectivity index (χ3n) is 1.43. The second-order valence-electron chi connectivity index (χ2n) is 2.20. The fraction of sp³-hybridized carbons (Fsp3) is 0.200. The van der Waals surface area contributed by atoms with Crippen molar-refractivity contribution in [3.8, 4) is 0 Å². The second-order valence-corrected chi connectivity index (χ2v) is 4.40. The molecule has 7 heteroatoms. The third-order valence-corrected chi connectivity index (χ3v) is 3.25. The number of halogens is 1. The molecule has 0 aromatic carbocycles. The predicted molar refractivity (Wildman–Crippen MR) is 46.1 cm³/mol. The van der Waals surface area contributed by atoms with Crippen LogP contribution < -0.4 is 11.1 Å². The van der Waals surface area contributed by atoms with Crippen molar-refractivity contribution >= 4 is 34.2 Å². The van der Waals surface area contributed by atoms with Gasteiger partial charge in [-0.2, -0.15) is 4.98 Å². The fourth-order valence-electron chi connectivity index (χ4n) is 0.908. The Hall–Kier alpha value is -0.880. The number of alkyl halides is 1. The minimum absolute atomic E-state index is 0.143. The van der Waals surface area contributed by atoms with Crippen molar-refractivity contribution in [3.63, 3.8) is 0 Å². The number of hydrogen-bond acceptors (Lipinski definition) is 5. The van der Waals surface area contributed by atoms with Gasteiger partial charge in [0.05, 0.1) is 17.0 Å². The monoisotopic (exact) mass is 204 g/mol. The molecule has 2 atom stereocenters. The first-order valence-electron chi connectivity index (χ1n) is 3.12. The first kappa shape index (κ1) is 7.75. The quantitative estimate of drug-likeness (QED) is 0.463. The summed E-state index contributed by atoms with van der Waals surface area (Å²) in [5.74, 6) is 0.602. The maximum Gasteiger partial charge on any atom is 0.222 e. The molecular formula is C5H5ClN4OS. The van der Waals surface area contributed by atoms with Crippen LogP contribution in [0, 0.1) is 0 Å². The number of fused-ring (bicyclic) bond motifs is 1. The molecule has 0 saturated heterocycles. The van der Waals surface area contributed by atoms with E-state index in [1.807, 2.05) is 0 Å². The molecule has 1 aliphatic rings. The first-order valence-corrected chi connectivity index (χ1v) is 4.77. The van der Waals surface area contributed by atoms with E-state index in [1.54, 1.807) is 0 Å². The maximum absolute atomic E-state index is 11.3. The largest absolute Gasteiger partial charge is 0.368 e. The highest BCUT2D eigenvalue weighted by Crippen LogP contribution is 2.29. The van der Waals surface area contributed by atoms with Gasteiger partial charge in [0.2, 0.25) is 5.95 Å². The molecule has 1 aromatic heterocycles. The SMILES string of the molecule is Nc1ncc2c(n1)N[C@H](Cl)[S@@]2=O. The summed E-state index contributed by atoms with van der Waals surface area (Å²) in [5, 5.41) is 2.72. The molecule has 0 fully saturated rings. The van der Waals surface area contributed by atoms with Crippen molar-refractivity contribution < 1.29 is 4.21 Å². The van der Waals surface area contributed by atoms with Crippen LogP contribution >= 0.6 is 11.6 Å². The summed E-state index contributed by atoms with van der Waals surface area (Å²) in [7, 11) is -1.28. The molecule has 1 aromatic rings. The fourth-order valence-corrected chi connectivity index (χ4v) is 2.19. The van der Waals surface area contributed by atoms with Crippen molar-refractivity contribution in [2.75, 3.05) is 11.1 Å². The number of nitrogen functional groups attached to an aromatic ring is 1. The molecule has 3 N–H and O–H groups in total. The number of nitrogens with zero attached hydrogens (tertiary/aromatic N) is 2. The zero-order valence-corrected chi connectivity index (χ0v) is 7.39. The van der Waals surface area contributed by atoms with E-state index in [1.165, 1.54) is 6.20 Å². The van der Waals surface area contributed by atoms with Crippen LogP contribution in [-0.4, -0.2) is 19.0 Å². The summed E-state index contributed by atoms with van der Waals surface area (Å²) >= 11 is 5.66. The molecule has 0 aliphatic carbocycles. The molecule has 12 heavy (non-hydrogen) atoms. The van der Waals surface area contributed by atoms with Crippen LogP contribution in [0.1, 0.15) is 0 Å². The van der Waals surface area contributed by atoms with E-state index in [-0.39, 0.29) is 5.95 Å². The molecule has 0 unspecified atom stereocenters. The van der Waals surface area contributed by atoms with Gasteiger partial charge in [-0.1, -0.05) is 11.6 Å². The smallest absolute Gasteiger partial charge is 0.222 e. The van der Waals surface area contributed by atoms with Crippen LogP contribution in [0.4, 0.5) is 11.8 Å². The standard InChI is InChI=1S/C5H5ClN4OS/c6-4-9-3-2(12(4)11)1-8-5(7)10-3/h1,4H,(H3,7,8,9,10)/t4-,12+/m0/s1. The Bertz CT molecular complexity index is 357. The molecule has 5 nitrogen and oxygen atoms in total. The summed E-state index contributed by atoms with van der Waals surface area (Å²) in [4.78, 5) is 7.42. The van der Waals surface area contributed by atoms with E-state index in [0.29, 0.717) is 10.7 Å². The number of hydrogen-bond donors (Lipinski definition) is 2. The number of nitrogens with one attached hydrogen (secondary N) is 1. The second kappa shape index (κ2) is 2.56. The molecule has 64 valence electrons. The number of rotatable bonds is 0. The molecule has 2 heterocycles. The molecule has 2 rings (SSSR count). The number of aromatic nitrogens is 2. The van der Waals surface area contributed by atoms with Crippen LogP contribution in [0.5, 0.6) is 0 Å². The van der Waals surface area contributed by atoms with E-state index in [2.05, 4.69) is 15.3 Å². The van der Waals surface area contributed by atoms with Gasteiger partial charge in [-0.3, -0.25) is 4.21 Å². The van der Waals surface area contributed by atoms with Crippen molar-refractivity contribution in [3.05, 3.63) is 6.20 Å². The van der Waals surface area contributed by atoms with Crippen molar-refractivity contribution in [2.45, 2.75) is 9.73 Å². The van der Waals surface area contributed by atoms with Crippen molar-refractivity contribution in [1.29, 1.82) is 0 Å². The maximum atomic E-state index is 11.3. The van der Waals surface area contributed by atoms with E-state index in [4.69, 9.17) is 17.3 Å². The average Bonchev–Trinajstić information content (AvgIpc) is 2.28. The topological polar surface area (TPSA) is 80.9 Å². The van der Waals surface area contributed by atoms with Gasteiger partial charge in [0, 0.05) is 0 Å². The normalized spacial score (nSPS) is 26.4. The minimum atomic E-state index is -1.28. The lowest BCUT2D eigenvalue weighted by atomic mass is 10.6. The molecule has 0 bridgehead atoms. The van der Waals surface area contributed by atoms with Gasteiger partial charge in [0.1, 0.15) is 10.7 Å². The van der Waals surface area contributed by atoms with Gasteiger partial charge in [-0.05, 0) is 0 Å². The van der Waals surface area contributed by atoms with Crippen LogP contribution in [0.2, 0.25) is 0 Å². The average molecular weight is 205 g/mol. The first-order chi connectivity index (χ1) is 5.68. The van der Waals surface area contributed by atoms with Crippen LogP contribution in [0.15, 0.2) is 11.1 Å². The van der Waals surface area contributed by atoms with E-state index >= 15 is 0 Å². The lowest BCUT2D eigenvalue weighted by Crippen LogP contribution is -2.08. The Kier molecular flexibility index (Phi) is 1.66. The zero-order chi connectivity index (χ0) is 8.72. The summed E-state index contributed by atoms with van der Waals surface area (Å²) in [6.45, 7) is 0.